The molecular weight excluding hydrogens is 423 g/mol. The summed E-state index contributed by atoms with van der Waals surface area (Å²) in [5, 5.41) is 4.96. The number of likely N-dealkylation sites (tertiary alicyclic amines) is 1. The van der Waals surface area contributed by atoms with Crippen LogP contribution in [0.5, 0.6) is 11.5 Å². The predicted molar refractivity (Wildman–Crippen MR) is 131 cm³/mol. The number of methoxy groups -OCH3 is 1. The predicted octanol–water partition coefficient (Wildman–Crippen LogP) is 4.35. The molecule has 170 valence electrons. The molecule has 0 bridgehead atoms. The van der Waals surface area contributed by atoms with Crippen LogP contribution in [0.1, 0.15) is 12.8 Å². The molecule has 8 heteroatoms. The van der Waals surface area contributed by atoms with Gasteiger partial charge in [-0.2, -0.15) is 0 Å². The average Bonchev–Trinajstić information content (AvgIpc) is 2.78. The third-order valence-electron chi connectivity index (χ3n) is 5.97. The summed E-state index contributed by atoms with van der Waals surface area (Å²) in [5.41, 5.74) is 1.54. The van der Waals surface area contributed by atoms with Gasteiger partial charge in [0.1, 0.15) is 19.3 Å². The molecule has 0 aliphatic carbocycles. The zero-order valence-electron chi connectivity index (χ0n) is 19.2. The molecule has 2 aromatic carbocycles. The number of hydrogen-bond donors (Lipinski definition) is 1. The van der Waals surface area contributed by atoms with Gasteiger partial charge in [0.2, 0.25) is 0 Å². The van der Waals surface area contributed by atoms with Crippen molar-refractivity contribution in [3.05, 3.63) is 42.7 Å². The molecule has 1 aromatic heterocycles. The number of hydrogen-bond acceptors (Lipinski definition) is 7. The van der Waals surface area contributed by atoms with Gasteiger partial charge in [0.05, 0.1) is 24.9 Å². The van der Waals surface area contributed by atoms with Crippen molar-refractivity contribution in [1.82, 2.24) is 14.9 Å². The fraction of sp³-hybridized carbons (Fsp3) is 0.417. The highest BCUT2D eigenvalue weighted by molar-refractivity contribution is 7.70. The first-order valence-corrected chi connectivity index (χ1v) is 13.5. The Bertz CT molecular complexity index is 1140. The van der Waals surface area contributed by atoms with Crippen molar-refractivity contribution < 1.29 is 14.0 Å². The van der Waals surface area contributed by atoms with E-state index in [1.807, 2.05) is 36.4 Å². The second kappa shape index (κ2) is 9.47. The van der Waals surface area contributed by atoms with Crippen molar-refractivity contribution in [3.8, 4) is 11.5 Å². The van der Waals surface area contributed by atoms with Gasteiger partial charge in [-0.05, 0) is 70.4 Å². The maximum Gasteiger partial charge on any atom is 0.163 e. The van der Waals surface area contributed by atoms with Crippen molar-refractivity contribution in [2.45, 2.75) is 12.8 Å². The Hall–Kier alpha value is -2.63. The smallest absolute Gasteiger partial charge is 0.163 e. The summed E-state index contributed by atoms with van der Waals surface area (Å²) in [4.78, 5) is 11.2. The second-order valence-electron chi connectivity index (χ2n) is 8.79. The number of nitrogens with one attached hydrogen (secondary N) is 1. The summed E-state index contributed by atoms with van der Waals surface area (Å²) < 4.78 is 24.5. The van der Waals surface area contributed by atoms with E-state index in [-0.39, 0.29) is 0 Å². The van der Waals surface area contributed by atoms with E-state index in [1.54, 1.807) is 20.4 Å². The number of ether oxygens (including phenoxy) is 2. The van der Waals surface area contributed by atoms with Crippen LogP contribution in [-0.4, -0.2) is 62.1 Å². The summed E-state index contributed by atoms with van der Waals surface area (Å²) in [7, 11) is 1.34. The van der Waals surface area contributed by atoms with Gasteiger partial charge in [-0.1, -0.05) is 12.1 Å². The van der Waals surface area contributed by atoms with Crippen LogP contribution < -0.4 is 20.1 Å². The van der Waals surface area contributed by atoms with Crippen LogP contribution in [0.2, 0.25) is 0 Å². The van der Waals surface area contributed by atoms with Crippen molar-refractivity contribution in [2.75, 3.05) is 52.5 Å². The van der Waals surface area contributed by atoms with Crippen molar-refractivity contribution in [2.24, 2.45) is 5.92 Å². The highest BCUT2D eigenvalue weighted by Crippen LogP contribution is 2.39. The van der Waals surface area contributed by atoms with Crippen LogP contribution in [0, 0.1) is 5.92 Å². The topological polar surface area (TPSA) is 76.6 Å². The first kappa shape index (κ1) is 22.6. The first-order chi connectivity index (χ1) is 15.3. The van der Waals surface area contributed by atoms with Gasteiger partial charge in [-0.25, -0.2) is 9.97 Å². The van der Waals surface area contributed by atoms with E-state index in [4.69, 9.17) is 9.47 Å². The van der Waals surface area contributed by atoms with E-state index in [2.05, 4.69) is 27.2 Å². The van der Waals surface area contributed by atoms with Gasteiger partial charge < -0.3 is 24.3 Å². The van der Waals surface area contributed by atoms with Crippen molar-refractivity contribution in [3.63, 3.8) is 0 Å². The molecule has 0 amide bonds. The van der Waals surface area contributed by atoms with Gasteiger partial charge in [0, 0.05) is 16.8 Å². The molecule has 1 aliphatic rings. The highest BCUT2D eigenvalue weighted by atomic mass is 31.2. The number of aromatic nitrogens is 2. The summed E-state index contributed by atoms with van der Waals surface area (Å²) in [5.74, 6) is 2.52. The van der Waals surface area contributed by atoms with Gasteiger partial charge in [-0.15, -0.1) is 0 Å². The lowest BCUT2D eigenvalue weighted by Gasteiger charge is -2.28. The number of rotatable bonds is 7. The summed E-state index contributed by atoms with van der Waals surface area (Å²) in [6.07, 6.45) is 3.81. The van der Waals surface area contributed by atoms with E-state index in [1.165, 1.54) is 6.33 Å². The Labute approximate surface area is 189 Å². The van der Waals surface area contributed by atoms with Gasteiger partial charge in [-0.3, -0.25) is 0 Å². The number of piperidine rings is 1. The monoisotopic (exact) mass is 454 g/mol. The Morgan fingerprint density at radius 1 is 1.12 bits per heavy atom. The Morgan fingerprint density at radius 3 is 2.59 bits per heavy atom. The molecular formula is C24H31N4O3P. The van der Waals surface area contributed by atoms with Gasteiger partial charge >= 0.3 is 0 Å². The Morgan fingerprint density at radius 2 is 1.88 bits per heavy atom. The van der Waals surface area contributed by atoms with E-state index in [9.17, 15) is 4.57 Å². The zero-order valence-corrected chi connectivity index (χ0v) is 20.1. The molecule has 0 radical (unpaired) electrons. The molecule has 0 saturated carbocycles. The van der Waals surface area contributed by atoms with Gasteiger partial charge in [0.15, 0.2) is 11.5 Å². The van der Waals surface area contributed by atoms with Crippen LogP contribution >= 0.6 is 7.14 Å². The number of nitrogens with zero attached hydrogens (tertiary/aromatic N) is 3. The van der Waals surface area contributed by atoms with Crippen LogP contribution in [0.3, 0.4) is 0 Å². The summed E-state index contributed by atoms with van der Waals surface area (Å²) in [6, 6.07) is 11.4. The molecule has 7 nitrogen and oxygen atoms in total. The third-order valence-corrected chi connectivity index (χ3v) is 7.52. The molecule has 0 atom stereocenters. The van der Waals surface area contributed by atoms with Crippen LogP contribution in [0.15, 0.2) is 42.7 Å². The number of fused-ring (bicyclic) bond motifs is 1. The van der Waals surface area contributed by atoms with E-state index < -0.39 is 7.14 Å². The number of benzene rings is 2. The van der Waals surface area contributed by atoms with Crippen molar-refractivity contribution in [1.29, 1.82) is 0 Å². The lowest BCUT2D eigenvalue weighted by atomic mass is 9.98. The minimum atomic E-state index is -2.46. The third kappa shape index (κ3) is 5.05. The maximum absolute atomic E-state index is 12.7. The lowest BCUT2D eigenvalue weighted by molar-refractivity contribution is 0.157. The standard InChI is InChI=1S/C24H31N4O3P/c1-28-11-9-17(10-12-28)15-31-22-14-20-18(13-21(22)30-2)24(26-16-25-20)27-19-7-5-6-8-23(19)32(3,4)29/h5-8,13-14,16-17H,9-12,15H2,1-4H3,(H,25,26,27). The van der Waals surface area contributed by atoms with Gasteiger partial charge in [0.25, 0.3) is 0 Å². The van der Waals surface area contributed by atoms with Crippen LogP contribution in [0.4, 0.5) is 11.5 Å². The molecule has 0 spiro atoms. The molecule has 1 N–H and O–H groups in total. The summed E-state index contributed by atoms with van der Waals surface area (Å²) >= 11 is 0. The largest absolute Gasteiger partial charge is 0.493 e. The maximum atomic E-state index is 12.7. The summed E-state index contributed by atoms with van der Waals surface area (Å²) in [6.45, 7) is 6.41. The quantitative estimate of drug-likeness (QED) is 0.532. The van der Waals surface area contributed by atoms with E-state index in [0.717, 1.165) is 47.8 Å². The lowest BCUT2D eigenvalue weighted by Crippen LogP contribution is -2.32. The molecule has 2 heterocycles. The number of anilines is 2. The minimum absolute atomic E-state index is 0.546. The van der Waals surface area contributed by atoms with Crippen LogP contribution in [0.25, 0.3) is 10.9 Å². The molecule has 3 aromatic rings. The van der Waals surface area contributed by atoms with Crippen LogP contribution in [-0.2, 0) is 4.57 Å². The molecule has 1 fully saturated rings. The number of para-hydroxylation sites is 1. The normalized spacial score (nSPS) is 15.6. The van der Waals surface area contributed by atoms with E-state index in [0.29, 0.717) is 29.8 Å². The first-order valence-electron chi connectivity index (χ1n) is 10.9. The molecule has 32 heavy (non-hydrogen) atoms. The molecule has 1 aliphatic heterocycles. The van der Waals surface area contributed by atoms with E-state index >= 15 is 0 Å². The fourth-order valence-electron chi connectivity index (χ4n) is 4.05. The Kier molecular flexibility index (Phi) is 6.68. The fourth-order valence-corrected chi connectivity index (χ4v) is 5.20. The highest BCUT2D eigenvalue weighted by Gasteiger charge is 2.20. The average molecular weight is 455 g/mol. The molecule has 1 saturated heterocycles. The zero-order chi connectivity index (χ0) is 22.7. The molecule has 0 unspecified atom stereocenters. The van der Waals surface area contributed by atoms with Crippen molar-refractivity contribution >= 4 is 34.9 Å². The SMILES string of the molecule is COc1cc2c(Nc3ccccc3P(C)(C)=O)ncnc2cc1OCC1CCN(C)CC1. The minimum Gasteiger partial charge on any atom is -0.493 e. The molecule has 4 rings (SSSR count). The Balaban J connectivity index is 1.62. The second-order valence-corrected chi connectivity index (χ2v) is 12.0.